The second kappa shape index (κ2) is 46.8. The van der Waals surface area contributed by atoms with Crippen LogP contribution in [0.15, 0.2) is 12.2 Å². The molecule has 0 aliphatic rings. The highest BCUT2D eigenvalue weighted by Crippen LogP contribution is 2.16. The Morgan fingerprint density at radius 2 is 0.579 bits per heavy atom. The van der Waals surface area contributed by atoms with E-state index in [-0.39, 0.29) is 31.1 Å². The van der Waals surface area contributed by atoms with E-state index in [1.54, 1.807) is 0 Å². The van der Waals surface area contributed by atoms with Crippen molar-refractivity contribution < 1.29 is 28.6 Å². The van der Waals surface area contributed by atoms with Gasteiger partial charge in [-0.25, -0.2) is 0 Å². The maximum Gasteiger partial charge on any atom is 0.306 e. The summed E-state index contributed by atoms with van der Waals surface area (Å²) in [5.74, 6) is -0.863. The number of carbonyl (C=O) groups is 3. The van der Waals surface area contributed by atoms with Crippen molar-refractivity contribution in [3.05, 3.63) is 12.2 Å². The summed E-state index contributed by atoms with van der Waals surface area (Å²) in [6, 6.07) is 0. The molecule has 0 bridgehead atoms. The molecule has 0 aliphatic heterocycles. The van der Waals surface area contributed by atoms with Crippen molar-refractivity contribution in [3.63, 3.8) is 0 Å². The Morgan fingerprint density at radius 3 is 0.895 bits per heavy atom. The lowest BCUT2D eigenvalue weighted by molar-refractivity contribution is -0.167. The molecule has 0 N–H and O–H groups in total. The third-order valence-corrected chi connectivity index (χ3v) is 11.3. The first-order valence-corrected chi connectivity index (χ1v) is 25.2. The Bertz CT molecular complexity index is 885. The van der Waals surface area contributed by atoms with Crippen molar-refractivity contribution in [1.29, 1.82) is 0 Å². The van der Waals surface area contributed by atoms with Gasteiger partial charge in [0.1, 0.15) is 13.2 Å². The second-order valence-electron chi connectivity index (χ2n) is 17.1. The van der Waals surface area contributed by atoms with Crippen molar-refractivity contribution in [3.8, 4) is 0 Å². The molecule has 0 amide bonds. The number of ether oxygens (including phenoxy) is 3. The number of unbranched alkanes of at least 4 members (excludes halogenated alkanes) is 33. The number of hydrogen-bond donors (Lipinski definition) is 0. The van der Waals surface area contributed by atoms with Crippen molar-refractivity contribution in [1.82, 2.24) is 0 Å². The van der Waals surface area contributed by atoms with Crippen molar-refractivity contribution >= 4 is 17.9 Å². The molecule has 0 spiro atoms. The van der Waals surface area contributed by atoms with Crippen molar-refractivity contribution in [2.75, 3.05) is 13.2 Å². The Morgan fingerprint density at radius 1 is 0.333 bits per heavy atom. The zero-order chi connectivity index (χ0) is 41.5. The fourth-order valence-electron chi connectivity index (χ4n) is 7.44. The summed E-state index contributed by atoms with van der Waals surface area (Å²) in [5.41, 5.74) is 0. The number of hydrogen-bond acceptors (Lipinski definition) is 6. The minimum absolute atomic E-state index is 0.0674. The predicted octanol–water partition coefficient (Wildman–Crippen LogP) is 16.2. The third-order valence-electron chi connectivity index (χ3n) is 11.3. The van der Waals surface area contributed by atoms with Crippen LogP contribution in [-0.2, 0) is 28.6 Å². The minimum Gasteiger partial charge on any atom is -0.462 e. The molecule has 336 valence electrons. The highest BCUT2D eigenvalue weighted by atomic mass is 16.6. The van der Waals surface area contributed by atoms with Crippen LogP contribution in [-0.4, -0.2) is 37.2 Å². The predicted molar refractivity (Wildman–Crippen MR) is 243 cm³/mol. The maximum atomic E-state index is 12.7. The van der Waals surface area contributed by atoms with Crippen LogP contribution in [0.25, 0.3) is 0 Å². The first-order chi connectivity index (χ1) is 28.0. The normalized spacial score (nSPS) is 12.0. The lowest BCUT2D eigenvalue weighted by atomic mass is 10.0. The van der Waals surface area contributed by atoms with E-state index in [4.69, 9.17) is 14.2 Å². The Labute approximate surface area is 354 Å². The molecule has 0 saturated heterocycles. The molecule has 0 radical (unpaired) electrons. The van der Waals surface area contributed by atoms with E-state index >= 15 is 0 Å². The average Bonchev–Trinajstić information content (AvgIpc) is 3.21. The van der Waals surface area contributed by atoms with Crippen LogP contribution >= 0.6 is 0 Å². The maximum absolute atomic E-state index is 12.7. The first kappa shape index (κ1) is 55.2. The Hall–Kier alpha value is -1.85. The van der Waals surface area contributed by atoms with Gasteiger partial charge in [0.25, 0.3) is 0 Å². The van der Waals surface area contributed by atoms with E-state index in [2.05, 4.69) is 32.9 Å². The minimum atomic E-state index is -0.765. The highest BCUT2D eigenvalue weighted by molar-refractivity contribution is 5.71. The van der Waals surface area contributed by atoms with Gasteiger partial charge in [-0.15, -0.1) is 0 Å². The van der Waals surface area contributed by atoms with Crippen molar-refractivity contribution in [2.45, 2.75) is 284 Å². The van der Waals surface area contributed by atoms with Crippen LogP contribution in [0.1, 0.15) is 278 Å². The molecule has 0 aliphatic carbocycles. The summed E-state index contributed by atoms with van der Waals surface area (Å²) in [6.45, 7) is 6.64. The standard InChI is InChI=1S/C51H96O6/c1-4-7-10-13-16-19-22-24-25-27-30-32-35-38-41-44-50(53)56-47-48(57-51(54)45-42-39-36-33-28-21-18-15-12-9-6-3)46-55-49(52)43-40-37-34-31-29-26-23-20-17-14-11-8-5-2/h20,23,48H,4-19,21-22,24-47H2,1-3H3/b23-20-/t48-/m1/s1. The lowest BCUT2D eigenvalue weighted by Gasteiger charge is -2.18. The molecule has 1 atom stereocenters. The zero-order valence-electron chi connectivity index (χ0n) is 38.4. The SMILES string of the molecule is CCCCCC/C=C\CCCCCCCC(=O)OC[C@H](COC(=O)CCCCCCCCCCCCCCCCC)OC(=O)CCCCCCCCCCCCC. The average molecular weight is 805 g/mol. The lowest BCUT2D eigenvalue weighted by Crippen LogP contribution is -2.30. The molecule has 6 heteroatoms. The molecule has 0 aromatic heterocycles. The third kappa shape index (κ3) is 45.1. The summed E-state index contributed by atoms with van der Waals surface area (Å²) in [7, 11) is 0. The van der Waals surface area contributed by atoms with Gasteiger partial charge in [0.05, 0.1) is 0 Å². The van der Waals surface area contributed by atoms with Crippen LogP contribution in [0.2, 0.25) is 0 Å². The van der Waals surface area contributed by atoms with E-state index in [1.165, 1.54) is 173 Å². The fraction of sp³-hybridized carbons (Fsp3) is 0.902. The molecule has 0 saturated carbocycles. The molecule has 0 rings (SSSR count). The fourth-order valence-corrected chi connectivity index (χ4v) is 7.44. The van der Waals surface area contributed by atoms with Gasteiger partial charge in [0, 0.05) is 19.3 Å². The summed E-state index contributed by atoms with van der Waals surface area (Å²) >= 11 is 0. The molecular weight excluding hydrogens is 709 g/mol. The Balaban J connectivity index is 4.31. The van der Waals surface area contributed by atoms with Crippen LogP contribution in [0.4, 0.5) is 0 Å². The summed E-state index contributed by atoms with van der Waals surface area (Å²) in [5, 5.41) is 0. The van der Waals surface area contributed by atoms with Gasteiger partial charge in [-0.3, -0.25) is 14.4 Å². The van der Waals surface area contributed by atoms with E-state index in [9.17, 15) is 14.4 Å². The van der Waals surface area contributed by atoms with Gasteiger partial charge < -0.3 is 14.2 Å². The second-order valence-corrected chi connectivity index (χ2v) is 17.1. The summed E-state index contributed by atoms with van der Waals surface area (Å²) < 4.78 is 16.8. The van der Waals surface area contributed by atoms with E-state index in [1.807, 2.05) is 0 Å². The van der Waals surface area contributed by atoms with Crippen LogP contribution in [0, 0.1) is 0 Å². The van der Waals surface area contributed by atoms with Gasteiger partial charge in [-0.2, -0.15) is 0 Å². The molecular formula is C51H96O6. The largest absolute Gasteiger partial charge is 0.462 e. The van der Waals surface area contributed by atoms with E-state index < -0.39 is 6.10 Å². The molecule has 0 fully saturated rings. The molecule has 0 heterocycles. The monoisotopic (exact) mass is 805 g/mol. The van der Waals surface area contributed by atoms with E-state index in [0.29, 0.717) is 19.3 Å². The van der Waals surface area contributed by atoms with Crippen molar-refractivity contribution in [2.24, 2.45) is 0 Å². The number of carbonyl (C=O) groups excluding carboxylic acids is 3. The van der Waals surface area contributed by atoms with Crippen LogP contribution in [0.5, 0.6) is 0 Å². The first-order valence-electron chi connectivity index (χ1n) is 25.2. The number of rotatable bonds is 46. The summed E-state index contributed by atoms with van der Waals surface area (Å²) in [4.78, 5) is 37.8. The van der Waals surface area contributed by atoms with Gasteiger partial charge in [0.15, 0.2) is 6.10 Å². The van der Waals surface area contributed by atoms with Gasteiger partial charge >= 0.3 is 17.9 Å². The highest BCUT2D eigenvalue weighted by Gasteiger charge is 2.19. The van der Waals surface area contributed by atoms with Gasteiger partial charge in [-0.05, 0) is 44.9 Å². The van der Waals surface area contributed by atoms with E-state index in [0.717, 1.165) is 64.2 Å². The number of allylic oxidation sites excluding steroid dienone is 2. The smallest absolute Gasteiger partial charge is 0.306 e. The molecule has 0 unspecified atom stereocenters. The summed E-state index contributed by atoms with van der Waals surface area (Å²) in [6.07, 6.45) is 50.4. The van der Waals surface area contributed by atoms with Gasteiger partial charge in [0.2, 0.25) is 0 Å². The molecule has 0 aromatic carbocycles. The topological polar surface area (TPSA) is 78.9 Å². The molecule has 57 heavy (non-hydrogen) atoms. The Kier molecular flexibility index (Phi) is 45.3. The molecule has 0 aromatic rings. The quantitative estimate of drug-likeness (QED) is 0.0264. The van der Waals surface area contributed by atoms with Gasteiger partial charge in [-0.1, -0.05) is 226 Å². The van der Waals surface area contributed by atoms with Crippen LogP contribution in [0.3, 0.4) is 0 Å². The molecule has 6 nitrogen and oxygen atoms in total. The number of esters is 3. The zero-order valence-corrected chi connectivity index (χ0v) is 38.4. The van der Waals surface area contributed by atoms with Crippen LogP contribution < -0.4 is 0 Å².